The Morgan fingerprint density at radius 1 is 1.59 bits per heavy atom. The molecule has 0 bridgehead atoms. The van der Waals surface area contributed by atoms with Crippen LogP contribution in [0, 0.1) is 0 Å². The zero-order valence-corrected chi connectivity index (χ0v) is 11.9. The van der Waals surface area contributed by atoms with Crippen molar-refractivity contribution in [2.45, 2.75) is 13.0 Å². The van der Waals surface area contributed by atoms with Gasteiger partial charge in [-0.05, 0) is 25.1 Å². The van der Waals surface area contributed by atoms with E-state index in [9.17, 15) is 0 Å². The fourth-order valence-corrected chi connectivity index (χ4v) is 1.97. The Labute approximate surface area is 111 Å². The summed E-state index contributed by atoms with van der Waals surface area (Å²) in [6.07, 6.45) is 0. The van der Waals surface area contributed by atoms with E-state index in [2.05, 4.69) is 27.8 Å². The van der Waals surface area contributed by atoms with Gasteiger partial charge in [0.25, 0.3) is 0 Å². The third kappa shape index (κ3) is 4.15. The van der Waals surface area contributed by atoms with Gasteiger partial charge in [-0.25, -0.2) is 0 Å². The normalized spacial score (nSPS) is 12.2. The third-order valence-electron chi connectivity index (χ3n) is 2.45. The zero-order chi connectivity index (χ0) is 12.8. The van der Waals surface area contributed by atoms with E-state index >= 15 is 0 Å². The maximum atomic E-state index is 5.80. The van der Waals surface area contributed by atoms with Crippen LogP contribution in [0.15, 0.2) is 34.8 Å². The van der Waals surface area contributed by atoms with Gasteiger partial charge in [-0.3, -0.25) is 0 Å². The van der Waals surface area contributed by atoms with E-state index < -0.39 is 0 Å². The lowest BCUT2D eigenvalue weighted by Gasteiger charge is -2.20. The van der Waals surface area contributed by atoms with Crippen LogP contribution in [0.4, 0.5) is 0 Å². The third-order valence-corrected chi connectivity index (χ3v) is 2.95. The Hall–Kier alpha value is -0.840. The Kier molecular flexibility index (Phi) is 5.68. The van der Waals surface area contributed by atoms with Gasteiger partial charge in [-0.2, -0.15) is 0 Å². The molecular formula is C13H19BrN2O. The van der Waals surface area contributed by atoms with Gasteiger partial charge in [0.15, 0.2) is 0 Å². The smallest absolute Gasteiger partial charge is 0.123 e. The first-order valence-electron chi connectivity index (χ1n) is 5.49. The SMILES string of the molecule is C=C(C)CNC(CN)c1cc(Br)ccc1OC. The monoisotopic (exact) mass is 298 g/mol. The minimum atomic E-state index is 0.0687. The summed E-state index contributed by atoms with van der Waals surface area (Å²) in [5.74, 6) is 0.845. The fraction of sp³-hybridized carbons (Fsp3) is 0.385. The highest BCUT2D eigenvalue weighted by Crippen LogP contribution is 2.28. The molecule has 1 atom stereocenters. The van der Waals surface area contributed by atoms with Crippen molar-refractivity contribution in [1.82, 2.24) is 5.32 Å². The molecule has 0 amide bonds. The molecule has 17 heavy (non-hydrogen) atoms. The van der Waals surface area contributed by atoms with Crippen LogP contribution >= 0.6 is 15.9 Å². The van der Waals surface area contributed by atoms with Gasteiger partial charge >= 0.3 is 0 Å². The summed E-state index contributed by atoms with van der Waals surface area (Å²) in [6, 6.07) is 5.99. The molecule has 0 radical (unpaired) electrons. The highest BCUT2D eigenvalue weighted by molar-refractivity contribution is 9.10. The van der Waals surface area contributed by atoms with Crippen LogP contribution in [0.3, 0.4) is 0 Å². The first-order chi connectivity index (χ1) is 8.08. The van der Waals surface area contributed by atoms with Crippen molar-refractivity contribution in [1.29, 1.82) is 0 Å². The van der Waals surface area contributed by atoms with E-state index in [0.29, 0.717) is 6.54 Å². The van der Waals surface area contributed by atoms with Crippen LogP contribution in [-0.4, -0.2) is 20.2 Å². The number of nitrogens with two attached hydrogens (primary N) is 1. The van der Waals surface area contributed by atoms with Crippen LogP contribution in [0.25, 0.3) is 0 Å². The second-order valence-electron chi connectivity index (χ2n) is 4.01. The molecule has 1 aromatic carbocycles. The van der Waals surface area contributed by atoms with Crippen molar-refractivity contribution < 1.29 is 4.74 Å². The number of halogens is 1. The van der Waals surface area contributed by atoms with Crippen LogP contribution in [0.5, 0.6) is 5.75 Å². The summed E-state index contributed by atoms with van der Waals surface area (Å²) in [7, 11) is 1.67. The highest BCUT2D eigenvalue weighted by Gasteiger charge is 2.14. The number of rotatable bonds is 6. The topological polar surface area (TPSA) is 47.3 Å². The van der Waals surface area contributed by atoms with Gasteiger partial charge in [-0.1, -0.05) is 28.1 Å². The minimum absolute atomic E-state index is 0.0687. The van der Waals surface area contributed by atoms with E-state index in [4.69, 9.17) is 10.5 Å². The molecule has 4 heteroatoms. The minimum Gasteiger partial charge on any atom is -0.496 e. The van der Waals surface area contributed by atoms with E-state index in [0.717, 1.165) is 27.9 Å². The molecule has 0 aromatic heterocycles. The molecule has 0 fully saturated rings. The molecule has 94 valence electrons. The van der Waals surface area contributed by atoms with Crippen LogP contribution < -0.4 is 15.8 Å². The average molecular weight is 299 g/mol. The van der Waals surface area contributed by atoms with Crippen molar-refractivity contribution in [3.8, 4) is 5.75 Å². The predicted octanol–water partition coefficient (Wildman–Crippen LogP) is 2.62. The molecule has 3 nitrogen and oxygen atoms in total. The summed E-state index contributed by atoms with van der Waals surface area (Å²) >= 11 is 3.46. The van der Waals surface area contributed by atoms with E-state index in [1.165, 1.54) is 0 Å². The lowest BCUT2D eigenvalue weighted by molar-refractivity contribution is 0.400. The standard InChI is InChI=1S/C13H19BrN2O/c1-9(2)8-16-12(7-15)11-6-10(14)4-5-13(11)17-3/h4-6,12,16H,1,7-8,15H2,2-3H3. The predicted molar refractivity (Wildman–Crippen MR) is 75.3 cm³/mol. The Bertz CT molecular complexity index is 393. The second kappa shape index (κ2) is 6.79. The molecule has 0 aliphatic rings. The van der Waals surface area contributed by atoms with Crippen molar-refractivity contribution in [2.24, 2.45) is 5.73 Å². The van der Waals surface area contributed by atoms with Gasteiger partial charge in [0.05, 0.1) is 7.11 Å². The Morgan fingerprint density at radius 3 is 2.82 bits per heavy atom. The zero-order valence-electron chi connectivity index (χ0n) is 10.3. The van der Waals surface area contributed by atoms with Crippen molar-refractivity contribution in [2.75, 3.05) is 20.2 Å². The number of methoxy groups -OCH3 is 1. The fourth-order valence-electron chi connectivity index (χ4n) is 1.60. The largest absolute Gasteiger partial charge is 0.496 e. The van der Waals surface area contributed by atoms with Gasteiger partial charge < -0.3 is 15.8 Å². The molecule has 0 saturated carbocycles. The summed E-state index contributed by atoms with van der Waals surface area (Å²) < 4.78 is 6.37. The Balaban J connectivity index is 2.93. The molecule has 0 heterocycles. The number of ether oxygens (including phenoxy) is 1. The summed E-state index contributed by atoms with van der Waals surface area (Å²) in [4.78, 5) is 0. The Morgan fingerprint density at radius 2 is 2.29 bits per heavy atom. The van der Waals surface area contributed by atoms with E-state index in [-0.39, 0.29) is 6.04 Å². The lowest BCUT2D eigenvalue weighted by Crippen LogP contribution is -2.29. The number of nitrogens with one attached hydrogen (secondary N) is 1. The van der Waals surface area contributed by atoms with Crippen molar-refractivity contribution >= 4 is 15.9 Å². The van der Waals surface area contributed by atoms with Gasteiger partial charge in [-0.15, -0.1) is 0 Å². The van der Waals surface area contributed by atoms with Gasteiger partial charge in [0, 0.05) is 29.2 Å². The maximum Gasteiger partial charge on any atom is 0.123 e. The summed E-state index contributed by atoms with van der Waals surface area (Å²) in [6.45, 7) is 7.12. The van der Waals surface area contributed by atoms with Crippen LogP contribution in [-0.2, 0) is 0 Å². The molecule has 0 saturated heterocycles. The highest BCUT2D eigenvalue weighted by atomic mass is 79.9. The lowest BCUT2D eigenvalue weighted by atomic mass is 10.1. The summed E-state index contributed by atoms with van der Waals surface area (Å²) in [5.41, 5.74) is 7.94. The first kappa shape index (κ1) is 14.2. The number of hydrogen-bond acceptors (Lipinski definition) is 3. The molecular weight excluding hydrogens is 280 g/mol. The molecule has 1 aromatic rings. The molecule has 0 aliphatic heterocycles. The van der Waals surface area contributed by atoms with Gasteiger partial charge in [0.1, 0.15) is 5.75 Å². The average Bonchev–Trinajstić information content (AvgIpc) is 2.30. The number of benzene rings is 1. The molecule has 1 unspecified atom stereocenters. The molecule has 3 N–H and O–H groups in total. The maximum absolute atomic E-state index is 5.80. The quantitative estimate of drug-likeness (QED) is 0.794. The second-order valence-corrected chi connectivity index (χ2v) is 4.93. The first-order valence-corrected chi connectivity index (χ1v) is 6.29. The van der Waals surface area contributed by atoms with Crippen molar-refractivity contribution in [3.05, 3.63) is 40.4 Å². The van der Waals surface area contributed by atoms with Crippen LogP contribution in [0.1, 0.15) is 18.5 Å². The van der Waals surface area contributed by atoms with Crippen molar-refractivity contribution in [3.63, 3.8) is 0 Å². The molecule has 1 rings (SSSR count). The van der Waals surface area contributed by atoms with E-state index in [1.807, 2.05) is 25.1 Å². The molecule has 0 spiro atoms. The van der Waals surface area contributed by atoms with E-state index in [1.54, 1.807) is 7.11 Å². The number of hydrogen-bond donors (Lipinski definition) is 2. The van der Waals surface area contributed by atoms with Gasteiger partial charge in [0.2, 0.25) is 0 Å². The summed E-state index contributed by atoms with van der Waals surface area (Å²) in [5, 5.41) is 3.36. The molecule has 0 aliphatic carbocycles. The van der Waals surface area contributed by atoms with Crippen LogP contribution in [0.2, 0.25) is 0 Å².